The average Bonchev–Trinajstić information content (AvgIpc) is 2.43. The molecule has 0 unspecified atom stereocenters. The van der Waals surface area contributed by atoms with Crippen LogP contribution in [0.4, 0.5) is 0 Å². The molecule has 2 rings (SSSR count). The average molecular weight is 277 g/mol. The zero-order valence-corrected chi connectivity index (χ0v) is 11.2. The smallest absolute Gasteiger partial charge is 0.341 e. The van der Waals surface area contributed by atoms with E-state index < -0.39 is 11.5 Å². The first-order valence-corrected chi connectivity index (χ1v) is 6.18. The predicted octanol–water partition coefficient (Wildman–Crippen LogP) is 2.02. The van der Waals surface area contributed by atoms with Crippen molar-refractivity contribution in [3.05, 3.63) is 34.1 Å². The fourth-order valence-corrected chi connectivity index (χ4v) is 1.90. The summed E-state index contributed by atoms with van der Waals surface area (Å²) < 4.78 is 10.8. The van der Waals surface area contributed by atoms with Crippen LogP contribution in [0, 0.1) is 0 Å². The fraction of sp³-hybridized carbons (Fsp3) is 0.286. The molecule has 1 heterocycles. The summed E-state index contributed by atoms with van der Waals surface area (Å²) in [7, 11) is 1.50. The number of nitrogens with one attached hydrogen (secondary N) is 1. The number of ether oxygens (including phenoxy) is 2. The van der Waals surface area contributed by atoms with Gasteiger partial charge in [-0.3, -0.25) is 4.79 Å². The first-order valence-electron chi connectivity index (χ1n) is 6.18. The third-order valence-corrected chi connectivity index (χ3v) is 2.84. The molecule has 6 heteroatoms. The minimum Gasteiger partial charge on any atom is -0.493 e. The Hall–Kier alpha value is -2.50. The summed E-state index contributed by atoms with van der Waals surface area (Å²) in [6.45, 7) is 2.43. The number of pyridine rings is 1. The Morgan fingerprint density at radius 1 is 1.40 bits per heavy atom. The number of carboxylic acids is 1. The number of methoxy groups -OCH3 is 1. The van der Waals surface area contributed by atoms with Crippen LogP contribution in [-0.4, -0.2) is 29.8 Å². The Bertz CT molecular complexity index is 705. The van der Waals surface area contributed by atoms with Gasteiger partial charge in [-0.15, -0.1) is 0 Å². The summed E-state index contributed by atoms with van der Waals surface area (Å²) in [4.78, 5) is 25.3. The Morgan fingerprint density at radius 2 is 2.15 bits per heavy atom. The van der Waals surface area contributed by atoms with Crippen LogP contribution >= 0.6 is 0 Å². The molecule has 0 atom stereocenters. The van der Waals surface area contributed by atoms with Crippen molar-refractivity contribution in [2.45, 2.75) is 13.3 Å². The van der Waals surface area contributed by atoms with E-state index in [1.165, 1.54) is 13.2 Å². The number of aromatic amines is 1. The molecule has 0 saturated carbocycles. The monoisotopic (exact) mass is 277 g/mol. The summed E-state index contributed by atoms with van der Waals surface area (Å²) in [6, 6.07) is 4.68. The van der Waals surface area contributed by atoms with Gasteiger partial charge in [0.2, 0.25) is 0 Å². The molecule has 6 nitrogen and oxygen atoms in total. The molecule has 0 radical (unpaired) electrons. The van der Waals surface area contributed by atoms with E-state index in [1.807, 2.05) is 6.92 Å². The van der Waals surface area contributed by atoms with Gasteiger partial charge in [-0.1, -0.05) is 6.92 Å². The van der Waals surface area contributed by atoms with Crippen LogP contribution in [0.25, 0.3) is 10.9 Å². The molecule has 0 aliphatic heterocycles. The topological polar surface area (TPSA) is 88.6 Å². The van der Waals surface area contributed by atoms with E-state index in [1.54, 1.807) is 12.1 Å². The molecule has 2 aromatic rings. The van der Waals surface area contributed by atoms with Gasteiger partial charge in [0, 0.05) is 5.39 Å². The van der Waals surface area contributed by atoms with Gasteiger partial charge in [0.25, 0.3) is 5.56 Å². The first kappa shape index (κ1) is 13.9. The maximum atomic E-state index is 11.8. The van der Waals surface area contributed by atoms with Crippen molar-refractivity contribution >= 4 is 16.9 Å². The number of aromatic carboxylic acids is 1. The fourth-order valence-electron chi connectivity index (χ4n) is 1.90. The summed E-state index contributed by atoms with van der Waals surface area (Å²) in [6.07, 6.45) is 0.803. The number of carboxylic acid groups (broad SMARTS) is 1. The van der Waals surface area contributed by atoms with Crippen LogP contribution in [0.1, 0.15) is 23.7 Å². The van der Waals surface area contributed by atoms with Crippen LogP contribution in [-0.2, 0) is 0 Å². The van der Waals surface area contributed by atoms with Gasteiger partial charge < -0.3 is 19.6 Å². The second-order valence-corrected chi connectivity index (χ2v) is 4.23. The number of benzene rings is 1. The van der Waals surface area contributed by atoms with Gasteiger partial charge in [-0.2, -0.15) is 0 Å². The molecule has 20 heavy (non-hydrogen) atoms. The number of hydrogen-bond donors (Lipinski definition) is 2. The van der Waals surface area contributed by atoms with Gasteiger partial charge in [0.05, 0.1) is 19.2 Å². The Balaban J connectivity index is 2.70. The highest BCUT2D eigenvalue weighted by atomic mass is 16.5. The summed E-state index contributed by atoms with van der Waals surface area (Å²) in [5, 5.41) is 9.54. The standard InChI is InChI=1S/C14H15NO5/c1-3-6-20-12-10(19-2)5-4-8-7-9(14(17)18)13(16)15-11(8)12/h4-5,7H,3,6H2,1-2H3,(H,15,16)(H,17,18). The van der Waals surface area contributed by atoms with Gasteiger partial charge in [-0.25, -0.2) is 4.79 Å². The molecule has 0 aliphatic rings. The molecule has 2 N–H and O–H groups in total. The van der Waals surface area contributed by atoms with Crippen molar-refractivity contribution in [2.75, 3.05) is 13.7 Å². The zero-order valence-electron chi connectivity index (χ0n) is 11.2. The molecule has 1 aromatic heterocycles. The number of aromatic nitrogens is 1. The van der Waals surface area contributed by atoms with Crippen molar-refractivity contribution in [3.8, 4) is 11.5 Å². The first-order chi connectivity index (χ1) is 9.58. The van der Waals surface area contributed by atoms with E-state index in [-0.39, 0.29) is 5.56 Å². The van der Waals surface area contributed by atoms with Crippen molar-refractivity contribution in [2.24, 2.45) is 0 Å². The maximum Gasteiger partial charge on any atom is 0.341 e. The normalized spacial score (nSPS) is 10.5. The largest absolute Gasteiger partial charge is 0.493 e. The van der Waals surface area contributed by atoms with E-state index in [9.17, 15) is 9.59 Å². The summed E-state index contributed by atoms with van der Waals surface area (Å²) >= 11 is 0. The van der Waals surface area contributed by atoms with E-state index in [0.29, 0.717) is 29.0 Å². The molecule has 0 bridgehead atoms. The quantitative estimate of drug-likeness (QED) is 0.872. The Kier molecular flexibility index (Phi) is 3.93. The Labute approximate surface area is 115 Å². The number of hydrogen-bond acceptors (Lipinski definition) is 4. The van der Waals surface area contributed by atoms with Crippen molar-refractivity contribution < 1.29 is 19.4 Å². The number of fused-ring (bicyclic) bond motifs is 1. The number of H-pyrrole nitrogens is 1. The maximum absolute atomic E-state index is 11.8. The van der Waals surface area contributed by atoms with Crippen LogP contribution in [0.2, 0.25) is 0 Å². The van der Waals surface area contributed by atoms with E-state index in [4.69, 9.17) is 14.6 Å². The number of rotatable bonds is 5. The van der Waals surface area contributed by atoms with Crippen LogP contribution in [0.3, 0.4) is 0 Å². The number of carbonyl (C=O) groups is 1. The predicted molar refractivity (Wildman–Crippen MR) is 73.9 cm³/mol. The molecule has 106 valence electrons. The minimum absolute atomic E-state index is 0.302. The third kappa shape index (κ3) is 2.45. The van der Waals surface area contributed by atoms with E-state index in [0.717, 1.165) is 6.42 Å². The molecule has 1 aromatic carbocycles. The molecular weight excluding hydrogens is 262 g/mol. The lowest BCUT2D eigenvalue weighted by Gasteiger charge is -2.12. The molecule has 0 amide bonds. The molecule has 0 saturated heterocycles. The van der Waals surface area contributed by atoms with Crippen LogP contribution in [0.15, 0.2) is 23.0 Å². The lowest BCUT2D eigenvalue weighted by atomic mass is 10.1. The highest BCUT2D eigenvalue weighted by Crippen LogP contribution is 2.34. The van der Waals surface area contributed by atoms with Crippen LogP contribution in [0.5, 0.6) is 11.5 Å². The lowest BCUT2D eigenvalue weighted by molar-refractivity contribution is 0.0695. The van der Waals surface area contributed by atoms with E-state index in [2.05, 4.69) is 4.98 Å². The van der Waals surface area contributed by atoms with Crippen molar-refractivity contribution in [1.29, 1.82) is 0 Å². The minimum atomic E-state index is -1.26. The SMILES string of the molecule is CCCOc1c(OC)ccc2cc(C(=O)O)c(=O)[nH]c12. The highest BCUT2D eigenvalue weighted by Gasteiger charge is 2.15. The van der Waals surface area contributed by atoms with Gasteiger partial charge in [-0.05, 0) is 24.6 Å². The lowest BCUT2D eigenvalue weighted by Crippen LogP contribution is -2.17. The summed E-state index contributed by atoms with van der Waals surface area (Å²) in [5.74, 6) is -0.356. The van der Waals surface area contributed by atoms with Crippen molar-refractivity contribution in [3.63, 3.8) is 0 Å². The molecular formula is C14H15NO5. The van der Waals surface area contributed by atoms with Crippen molar-refractivity contribution in [1.82, 2.24) is 4.98 Å². The van der Waals surface area contributed by atoms with Gasteiger partial charge in [0.1, 0.15) is 5.56 Å². The van der Waals surface area contributed by atoms with Gasteiger partial charge >= 0.3 is 5.97 Å². The zero-order chi connectivity index (χ0) is 14.7. The highest BCUT2D eigenvalue weighted by molar-refractivity contribution is 5.94. The molecule has 0 spiro atoms. The van der Waals surface area contributed by atoms with Crippen LogP contribution < -0.4 is 15.0 Å². The molecule has 0 aliphatic carbocycles. The third-order valence-electron chi connectivity index (χ3n) is 2.84. The van der Waals surface area contributed by atoms with E-state index >= 15 is 0 Å². The molecule has 0 fully saturated rings. The van der Waals surface area contributed by atoms with Gasteiger partial charge in [0.15, 0.2) is 11.5 Å². The second-order valence-electron chi connectivity index (χ2n) is 4.23. The Morgan fingerprint density at radius 3 is 2.75 bits per heavy atom. The second kappa shape index (κ2) is 5.64. The summed E-state index contributed by atoms with van der Waals surface area (Å²) in [5.41, 5.74) is -0.531.